The highest BCUT2D eigenvalue weighted by atomic mass is 14.9. The first kappa shape index (κ1) is 34.1. The summed E-state index contributed by atoms with van der Waals surface area (Å²) in [4.78, 5) is 10.4. The summed E-state index contributed by atoms with van der Waals surface area (Å²) in [7, 11) is 0. The van der Waals surface area contributed by atoms with Gasteiger partial charge in [0.25, 0.3) is 0 Å². The van der Waals surface area contributed by atoms with Gasteiger partial charge in [-0.25, -0.2) is 9.97 Å². The van der Waals surface area contributed by atoms with Crippen molar-refractivity contribution in [3.8, 4) is 66.9 Å². The second kappa shape index (κ2) is 14.1. The van der Waals surface area contributed by atoms with E-state index >= 15 is 0 Å². The van der Waals surface area contributed by atoms with Gasteiger partial charge in [0, 0.05) is 11.1 Å². The van der Waals surface area contributed by atoms with Crippen molar-refractivity contribution in [3.05, 3.63) is 205 Å². The van der Waals surface area contributed by atoms with Gasteiger partial charge in [0.1, 0.15) is 0 Å². The molecule has 7 aromatic carbocycles. The molecule has 3 aliphatic rings. The van der Waals surface area contributed by atoms with E-state index < -0.39 is 0 Å². The zero-order chi connectivity index (χ0) is 38.6. The molecule has 58 heavy (non-hydrogen) atoms. The van der Waals surface area contributed by atoms with Crippen LogP contribution in [0, 0.1) is 0 Å². The van der Waals surface area contributed by atoms with Crippen molar-refractivity contribution in [2.24, 2.45) is 0 Å². The van der Waals surface area contributed by atoms with Crippen molar-refractivity contribution in [1.82, 2.24) is 9.97 Å². The quantitative estimate of drug-likeness (QED) is 0.145. The van der Waals surface area contributed by atoms with Gasteiger partial charge in [-0.3, -0.25) is 0 Å². The van der Waals surface area contributed by atoms with Gasteiger partial charge < -0.3 is 0 Å². The molecule has 0 amide bonds. The van der Waals surface area contributed by atoms with Gasteiger partial charge in [0.15, 0.2) is 5.82 Å². The molecule has 0 atom stereocenters. The van der Waals surface area contributed by atoms with Crippen LogP contribution in [0.3, 0.4) is 0 Å². The van der Waals surface area contributed by atoms with Crippen molar-refractivity contribution in [1.29, 1.82) is 0 Å². The predicted octanol–water partition coefficient (Wildman–Crippen LogP) is 14.9. The van der Waals surface area contributed by atoms with Crippen molar-refractivity contribution < 1.29 is 0 Å². The Labute approximate surface area is 339 Å². The molecule has 3 aliphatic carbocycles. The van der Waals surface area contributed by atoms with Crippen molar-refractivity contribution in [2.45, 2.75) is 26.2 Å². The number of allylic oxidation sites excluding steroid dienone is 10. The fraction of sp³-hybridized carbons (Fsp3) is 0.0714. The first-order valence-electron chi connectivity index (χ1n) is 20.4. The van der Waals surface area contributed by atoms with E-state index in [1.807, 2.05) is 0 Å². The highest BCUT2D eigenvalue weighted by Gasteiger charge is 2.23. The molecule has 0 radical (unpaired) electrons. The average Bonchev–Trinajstić information content (AvgIpc) is 3.62. The third kappa shape index (κ3) is 5.64. The molecule has 0 aliphatic heterocycles. The van der Waals surface area contributed by atoms with Gasteiger partial charge in [-0.1, -0.05) is 182 Å². The van der Waals surface area contributed by atoms with Gasteiger partial charge in [-0.05, 0) is 121 Å². The molecule has 2 heteroatoms. The lowest BCUT2D eigenvalue weighted by molar-refractivity contribution is 1.09. The molecule has 274 valence electrons. The van der Waals surface area contributed by atoms with Crippen LogP contribution in [0.2, 0.25) is 0 Å². The molecule has 2 nitrogen and oxygen atoms in total. The minimum absolute atomic E-state index is 0.751. The van der Waals surface area contributed by atoms with Crippen LogP contribution in [0.4, 0.5) is 0 Å². The molecule has 1 heterocycles. The smallest absolute Gasteiger partial charge is 0.160 e. The SMILES string of the molecule is C/C=C(\C/C=C\Cc1ccc2c3c(cccc13)-c1ccccc1-2)c1cc(-c2ccc(-c3ccc4c5c(cccc35)-c3ccccc3-4)cc2)nc(C2=CCC=CC=C2)n1. The first-order chi connectivity index (χ1) is 28.7. The molecule has 1 aromatic heterocycles. The third-order valence-corrected chi connectivity index (χ3v) is 12.2. The molecule has 0 unspecified atom stereocenters. The van der Waals surface area contributed by atoms with Crippen LogP contribution in [0.1, 0.15) is 36.8 Å². The van der Waals surface area contributed by atoms with Crippen LogP contribution in [0.5, 0.6) is 0 Å². The number of fused-ring (bicyclic) bond motifs is 6. The number of hydrogen-bond donors (Lipinski definition) is 0. The number of hydrogen-bond acceptors (Lipinski definition) is 2. The maximum atomic E-state index is 5.20. The molecule has 11 rings (SSSR count). The monoisotopic (exact) mass is 740 g/mol. The van der Waals surface area contributed by atoms with Crippen LogP contribution >= 0.6 is 0 Å². The van der Waals surface area contributed by atoms with Gasteiger partial charge in [-0.15, -0.1) is 0 Å². The Hall–Kier alpha value is -7.16. The molecule has 0 fully saturated rings. The Morgan fingerprint density at radius 2 is 1.16 bits per heavy atom. The summed E-state index contributed by atoms with van der Waals surface area (Å²) in [6.07, 6.45) is 20.0. The van der Waals surface area contributed by atoms with E-state index in [4.69, 9.17) is 9.97 Å². The predicted molar refractivity (Wildman–Crippen MR) is 245 cm³/mol. The van der Waals surface area contributed by atoms with Gasteiger partial charge in [0.05, 0.1) is 11.4 Å². The van der Waals surface area contributed by atoms with Crippen LogP contribution < -0.4 is 0 Å². The second-order valence-electron chi connectivity index (χ2n) is 15.4. The highest BCUT2D eigenvalue weighted by molar-refractivity contribution is 6.19. The largest absolute Gasteiger partial charge is 0.228 e. The molecule has 0 N–H and O–H groups in total. The normalized spacial score (nSPS) is 13.7. The van der Waals surface area contributed by atoms with Gasteiger partial charge >= 0.3 is 0 Å². The lowest BCUT2D eigenvalue weighted by atomic mass is 9.93. The summed E-state index contributed by atoms with van der Waals surface area (Å²) >= 11 is 0. The fourth-order valence-corrected chi connectivity index (χ4v) is 9.35. The summed E-state index contributed by atoms with van der Waals surface area (Å²) in [6.45, 7) is 2.12. The number of nitrogens with zero attached hydrogens (tertiary/aromatic N) is 2. The zero-order valence-electron chi connectivity index (χ0n) is 32.4. The summed E-state index contributed by atoms with van der Waals surface area (Å²) in [6, 6.07) is 51.3. The molecule has 0 bridgehead atoms. The topological polar surface area (TPSA) is 25.8 Å². The summed E-state index contributed by atoms with van der Waals surface area (Å²) in [5, 5.41) is 5.36. The van der Waals surface area contributed by atoms with E-state index in [1.54, 1.807) is 0 Å². The lowest BCUT2D eigenvalue weighted by Gasteiger charge is -2.13. The lowest BCUT2D eigenvalue weighted by Crippen LogP contribution is -2.01. The van der Waals surface area contributed by atoms with Crippen LogP contribution in [0.25, 0.3) is 99.6 Å². The fourth-order valence-electron chi connectivity index (χ4n) is 9.35. The maximum absolute atomic E-state index is 5.20. The van der Waals surface area contributed by atoms with Crippen molar-refractivity contribution >= 4 is 32.7 Å². The maximum Gasteiger partial charge on any atom is 0.160 e. The summed E-state index contributed by atoms with van der Waals surface area (Å²) in [5.74, 6) is 0.751. The summed E-state index contributed by atoms with van der Waals surface area (Å²) < 4.78 is 0. The van der Waals surface area contributed by atoms with E-state index in [0.717, 1.165) is 47.6 Å². The molecule has 8 aromatic rings. The van der Waals surface area contributed by atoms with E-state index in [1.165, 1.54) is 88.3 Å². The second-order valence-corrected chi connectivity index (χ2v) is 15.4. The number of rotatable bonds is 8. The Kier molecular flexibility index (Phi) is 8.29. The molecular weight excluding hydrogens is 701 g/mol. The van der Waals surface area contributed by atoms with Gasteiger partial charge in [-0.2, -0.15) is 0 Å². The Morgan fingerprint density at radius 3 is 1.86 bits per heavy atom. The van der Waals surface area contributed by atoms with Crippen LogP contribution in [0.15, 0.2) is 188 Å². The zero-order valence-corrected chi connectivity index (χ0v) is 32.4. The molecular formula is C56H40N2. The van der Waals surface area contributed by atoms with Crippen molar-refractivity contribution in [2.75, 3.05) is 0 Å². The van der Waals surface area contributed by atoms with E-state index in [-0.39, 0.29) is 0 Å². The standard InChI is InChI=1S/C56H40N2/c1-2-36(15-7-8-16-37-31-32-50-45-21-11-9-19-43(45)48-25-13-23-42(37)54(48)50)52-35-53(58-56(57-52)40-17-5-3-4-6-18-40)39-29-27-38(28-30-39)41-33-34-51-46-22-12-10-20-44(46)49-26-14-24-47(41)55(49)51/h2-5,7-14,17-35H,6,15-16H2,1H3/b8-7-,36-2+. The van der Waals surface area contributed by atoms with Crippen LogP contribution in [-0.4, -0.2) is 9.97 Å². The third-order valence-electron chi connectivity index (χ3n) is 12.2. The van der Waals surface area contributed by atoms with Crippen molar-refractivity contribution in [3.63, 3.8) is 0 Å². The van der Waals surface area contributed by atoms with E-state index in [0.29, 0.717) is 0 Å². The Bertz CT molecular complexity index is 3070. The van der Waals surface area contributed by atoms with Crippen LogP contribution in [-0.2, 0) is 6.42 Å². The average molecular weight is 741 g/mol. The molecule has 0 saturated heterocycles. The number of aromatic nitrogens is 2. The minimum atomic E-state index is 0.751. The minimum Gasteiger partial charge on any atom is -0.228 e. The van der Waals surface area contributed by atoms with E-state index in [2.05, 4.69) is 195 Å². The molecule has 0 spiro atoms. The molecule has 0 saturated carbocycles. The van der Waals surface area contributed by atoms with Gasteiger partial charge in [0.2, 0.25) is 0 Å². The number of benzene rings is 7. The first-order valence-corrected chi connectivity index (χ1v) is 20.4. The van der Waals surface area contributed by atoms with E-state index in [9.17, 15) is 0 Å². The Balaban J connectivity index is 0.899. The summed E-state index contributed by atoms with van der Waals surface area (Å²) in [5.41, 5.74) is 19.6. The highest BCUT2D eigenvalue weighted by Crippen LogP contribution is 2.50. The Morgan fingerprint density at radius 1 is 0.552 bits per heavy atom.